The molecule has 5 nitrogen and oxygen atoms in total. The zero-order valence-electron chi connectivity index (χ0n) is 10.9. The number of H-pyrrole nitrogens is 1. The summed E-state index contributed by atoms with van der Waals surface area (Å²) in [5, 5.41) is 9.86. The third-order valence-electron chi connectivity index (χ3n) is 2.89. The summed E-state index contributed by atoms with van der Waals surface area (Å²) in [6.07, 6.45) is 1.47. The number of furan rings is 1. The maximum absolute atomic E-state index is 11.8. The van der Waals surface area contributed by atoms with E-state index >= 15 is 0 Å². The van der Waals surface area contributed by atoms with E-state index in [4.69, 9.17) is 4.42 Å². The van der Waals surface area contributed by atoms with Crippen LogP contribution in [0.5, 0.6) is 0 Å². The van der Waals surface area contributed by atoms with E-state index < -0.39 is 0 Å². The van der Waals surface area contributed by atoms with Crippen molar-refractivity contribution in [2.24, 2.45) is 0 Å². The minimum atomic E-state index is -0.265. The summed E-state index contributed by atoms with van der Waals surface area (Å²) < 4.78 is 5.04. The van der Waals surface area contributed by atoms with Crippen LogP contribution in [-0.2, 0) is 0 Å². The molecule has 100 valence electrons. The summed E-state index contributed by atoms with van der Waals surface area (Å²) in [6.45, 7) is 1.95. The van der Waals surface area contributed by atoms with E-state index in [1.54, 1.807) is 12.1 Å². The van der Waals surface area contributed by atoms with Crippen LogP contribution in [0.25, 0.3) is 11.3 Å². The molecule has 0 bridgehead atoms. The molecule has 3 rings (SSSR count). The van der Waals surface area contributed by atoms with E-state index in [1.165, 1.54) is 6.26 Å². The molecule has 2 N–H and O–H groups in total. The Bertz CT molecular complexity index is 712. The highest BCUT2D eigenvalue weighted by Crippen LogP contribution is 2.20. The summed E-state index contributed by atoms with van der Waals surface area (Å²) >= 11 is 0. The Morgan fingerprint density at radius 1 is 1.25 bits per heavy atom. The second-order valence-electron chi connectivity index (χ2n) is 4.44. The molecule has 3 aromatic rings. The van der Waals surface area contributed by atoms with E-state index in [1.807, 2.05) is 37.3 Å². The van der Waals surface area contributed by atoms with Crippen LogP contribution >= 0.6 is 0 Å². The summed E-state index contributed by atoms with van der Waals surface area (Å²) in [4.78, 5) is 11.8. The molecule has 2 heterocycles. The van der Waals surface area contributed by atoms with E-state index in [2.05, 4.69) is 15.5 Å². The van der Waals surface area contributed by atoms with Gasteiger partial charge in [0.25, 0.3) is 5.91 Å². The topological polar surface area (TPSA) is 70.9 Å². The molecule has 0 radical (unpaired) electrons. The van der Waals surface area contributed by atoms with Gasteiger partial charge in [0, 0.05) is 16.9 Å². The molecule has 0 aliphatic rings. The summed E-state index contributed by atoms with van der Waals surface area (Å²) in [7, 11) is 0. The van der Waals surface area contributed by atoms with Crippen molar-refractivity contribution in [1.82, 2.24) is 10.2 Å². The zero-order chi connectivity index (χ0) is 13.9. The van der Waals surface area contributed by atoms with Gasteiger partial charge in [-0.2, -0.15) is 5.10 Å². The Labute approximate surface area is 115 Å². The molecule has 1 aromatic carbocycles. The third kappa shape index (κ3) is 2.47. The Morgan fingerprint density at radius 3 is 2.65 bits per heavy atom. The molecule has 0 aliphatic carbocycles. The lowest BCUT2D eigenvalue weighted by Gasteiger charge is -2.04. The van der Waals surface area contributed by atoms with Gasteiger partial charge in [-0.1, -0.05) is 12.1 Å². The van der Waals surface area contributed by atoms with Gasteiger partial charge in [-0.15, -0.1) is 0 Å². The Kier molecular flexibility index (Phi) is 3.09. The van der Waals surface area contributed by atoms with Gasteiger partial charge in [-0.3, -0.25) is 9.89 Å². The number of rotatable bonds is 3. The van der Waals surface area contributed by atoms with Gasteiger partial charge in [0.15, 0.2) is 5.76 Å². The predicted octanol–water partition coefficient (Wildman–Crippen LogP) is 3.23. The highest BCUT2D eigenvalue weighted by atomic mass is 16.3. The first-order valence-electron chi connectivity index (χ1n) is 6.20. The van der Waals surface area contributed by atoms with Crippen molar-refractivity contribution in [3.8, 4) is 11.3 Å². The number of aryl methyl sites for hydroxylation is 1. The maximum atomic E-state index is 11.8. The predicted molar refractivity (Wildman–Crippen MR) is 75.4 cm³/mol. The van der Waals surface area contributed by atoms with Crippen molar-refractivity contribution in [2.45, 2.75) is 6.92 Å². The minimum Gasteiger partial charge on any atom is -0.459 e. The summed E-state index contributed by atoms with van der Waals surface area (Å²) in [5.74, 6) is 0.0235. The molecule has 0 aliphatic heterocycles. The summed E-state index contributed by atoms with van der Waals surface area (Å²) in [6, 6.07) is 12.8. The maximum Gasteiger partial charge on any atom is 0.291 e. The number of aromatic nitrogens is 2. The van der Waals surface area contributed by atoms with Crippen molar-refractivity contribution in [1.29, 1.82) is 0 Å². The van der Waals surface area contributed by atoms with Crippen LogP contribution in [0.4, 0.5) is 5.69 Å². The highest BCUT2D eigenvalue weighted by Gasteiger charge is 2.08. The molecule has 2 aromatic heterocycles. The van der Waals surface area contributed by atoms with Crippen LogP contribution in [0.15, 0.2) is 53.1 Å². The number of aromatic amines is 1. The van der Waals surface area contributed by atoms with Crippen LogP contribution in [-0.4, -0.2) is 16.1 Å². The highest BCUT2D eigenvalue weighted by molar-refractivity contribution is 6.02. The number of carbonyl (C=O) groups is 1. The normalized spacial score (nSPS) is 10.4. The lowest BCUT2D eigenvalue weighted by molar-refractivity contribution is 0.0996. The molecular weight excluding hydrogens is 254 g/mol. The molecule has 1 amide bonds. The largest absolute Gasteiger partial charge is 0.459 e. The Hall–Kier alpha value is -2.82. The number of hydrogen-bond donors (Lipinski definition) is 2. The number of amides is 1. The molecule has 0 atom stereocenters. The molecular formula is C15H13N3O2. The van der Waals surface area contributed by atoms with Gasteiger partial charge < -0.3 is 9.73 Å². The fourth-order valence-electron chi connectivity index (χ4n) is 1.89. The molecule has 5 heteroatoms. The lowest BCUT2D eigenvalue weighted by Crippen LogP contribution is -2.10. The van der Waals surface area contributed by atoms with Gasteiger partial charge in [0.05, 0.1) is 12.0 Å². The molecule has 20 heavy (non-hydrogen) atoms. The first kappa shape index (κ1) is 12.2. The fraction of sp³-hybridized carbons (Fsp3) is 0.0667. The van der Waals surface area contributed by atoms with Crippen LogP contribution in [0.1, 0.15) is 16.2 Å². The van der Waals surface area contributed by atoms with Crippen molar-refractivity contribution in [3.05, 3.63) is 60.2 Å². The van der Waals surface area contributed by atoms with E-state index in [0.29, 0.717) is 5.69 Å². The Morgan fingerprint density at radius 2 is 2.05 bits per heavy atom. The molecule has 0 saturated carbocycles. The monoisotopic (exact) mass is 267 g/mol. The van der Waals surface area contributed by atoms with Crippen molar-refractivity contribution in [2.75, 3.05) is 5.32 Å². The van der Waals surface area contributed by atoms with Crippen molar-refractivity contribution in [3.63, 3.8) is 0 Å². The number of benzene rings is 1. The first-order valence-corrected chi connectivity index (χ1v) is 6.20. The lowest BCUT2D eigenvalue weighted by atomic mass is 10.1. The van der Waals surface area contributed by atoms with Crippen molar-refractivity contribution < 1.29 is 9.21 Å². The second kappa shape index (κ2) is 5.05. The smallest absolute Gasteiger partial charge is 0.291 e. The van der Waals surface area contributed by atoms with Crippen LogP contribution in [0.2, 0.25) is 0 Å². The van der Waals surface area contributed by atoms with Crippen LogP contribution in [0.3, 0.4) is 0 Å². The number of anilines is 1. The van der Waals surface area contributed by atoms with Crippen molar-refractivity contribution >= 4 is 11.6 Å². The minimum absolute atomic E-state index is 0.265. The standard InChI is InChI=1S/C15H13N3O2/c1-10-9-13(18-17-10)11-4-6-12(7-5-11)16-15(19)14-3-2-8-20-14/h2-9H,1H3,(H,16,19)(H,17,18). The first-order chi connectivity index (χ1) is 9.72. The number of carbonyl (C=O) groups excluding carboxylic acids is 1. The average Bonchev–Trinajstić information content (AvgIpc) is 3.10. The molecule has 0 saturated heterocycles. The van der Waals surface area contributed by atoms with E-state index in [0.717, 1.165) is 17.0 Å². The van der Waals surface area contributed by atoms with Crippen LogP contribution < -0.4 is 5.32 Å². The number of hydrogen-bond acceptors (Lipinski definition) is 3. The SMILES string of the molecule is Cc1cc(-c2ccc(NC(=O)c3ccco3)cc2)n[nH]1. The molecule has 0 fully saturated rings. The fourth-order valence-corrected chi connectivity index (χ4v) is 1.89. The van der Waals surface area contributed by atoms with Gasteiger partial charge in [0.1, 0.15) is 0 Å². The quantitative estimate of drug-likeness (QED) is 0.765. The Balaban J connectivity index is 1.75. The van der Waals surface area contributed by atoms with E-state index in [-0.39, 0.29) is 11.7 Å². The second-order valence-corrected chi connectivity index (χ2v) is 4.44. The van der Waals surface area contributed by atoms with Gasteiger partial charge in [-0.25, -0.2) is 0 Å². The molecule has 0 spiro atoms. The third-order valence-corrected chi connectivity index (χ3v) is 2.89. The molecule has 0 unspecified atom stereocenters. The average molecular weight is 267 g/mol. The number of nitrogens with zero attached hydrogens (tertiary/aromatic N) is 1. The van der Waals surface area contributed by atoms with Crippen LogP contribution in [0, 0.1) is 6.92 Å². The van der Waals surface area contributed by atoms with Gasteiger partial charge in [0.2, 0.25) is 0 Å². The number of nitrogens with one attached hydrogen (secondary N) is 2. The van der Waals surface area contributed by atoms with Gasteiger partial charge in [-0.05, 0) is 37.3 Å². The van der Waals surface area contributed by atoms with Gasteiger partial charge >= 0.3 is 0 Å². The zero-order valence-corrected chi connectivity index (χ0v) is 10.9. The summed E-state index contributed by atoms with van der Waals surface area (Å²) in [5.41, 5.74) is 3.59. The van der Waals surface area contributed by atoms with E-state index in [9.17, 15) is 4.79 Å².